The summed E-state index contributed by atoms with van der Waals surface area (Å²) in [7, 11) is 0. The van der Waals surface area contributed by atoms with E-state index < -0.39 is 0 Å². The van der Waals surface area contributed by atoms with E-state index >= 15 is 0 Å². The fourth-order valence-corrected chi connectivity index (χ4v) is 5.66. The Morgan fingerprint density at radius 1 is 0.512 bits per heavy atom. The van der Waals surface area contributed by atoms with E-state index in [1.165, 1.54) is 0 Å². The summed E-state index contributed by atoms with van der Waals surface area (Å²) < 4.78 is 0. The Morgan fingerprint density at radius 2 is 1.02 bits per heavy atom. The zero-order chi connectivity index (χ0) is 26.2. The molecule has 0 aliphatic carbocycles. The van der Waals surface area contributed by atoms with Crippen molar-refractivity contribution in [2.24, 2.45) is 25.0 Å². The van der Waals surface area contributed by atoms with Crippen LogP contribution < -0.4 is 10.3 Å². The minimum atomic E-state index is -0.358. The van der Waals surface area contributed by atoms with Crippen LogP contribution in [0.2, 0.25) is 0 Å². The fraction of sp³-hybridized carbons (Fsp3) is 0.0312. The van der Waals surface area contributed by atoms with Crippen LogP contribution >= 0.6 is 0 Å². The molecule has 1 unspecified atom stereocenters. The first kappa shape index (κ1) is 23.7. The van der Waals surface area contributed by atoms with Gasteiger partial charge in [-0.1, -0.05) is 103 Å². The molecule has 41 heavy (non-hydrogen) atoms. The second-order valence-corrected chi connectivity index (χ2v) is 9.86. The SMILES string of the molecule is [Cu+2].c1ccc2c(c1)C1=N/C2=N\c2[n-]c(c3ccccc23)/N=C2\N=C(NC3[N-]C(=N1)c1ccccc13)c1ccccc12. The van der Waals surface area contributed by atoms with Crippen molar-refractivity contribution in [2.45, 2.75) is 6.17 Å². The molecule has 0 fully saturated rings. The largest absolute Gasteiger partial charge is 2.00 e. The first-order chi connectivity index (χ1) is 19.8. The summed E-state index contributed by atoms with van der Waals surface area (Å²) in [4.78, 5) is 29.6. The summed E-state index contributed by atoms with van der Waals surface area (Å²) in [5.41, 5.74) is 5.72. The van der Waals surface area contributed by atoms with E-state index in [9.17, 15) is 0 Å². The third kappa shape index (κ3) is 3.57. The molecule has 0 saturated carbocycles. The van der Waals surface area contributed by atoms with Crippen molar-refractivity contribution in [1.82, 2.24) is 10.3 Å². The Kier molecular flexibility index (Phi) is 5.19. The Bertz CT molecular complexity index is 2080. The van der Waals surface area contributed by atoms with Gasteiger partial charge in [0.15, 0.2) is 0 Å². The maximum Gasteiger partial charge on any atom is 2.00 e. The van der Waals surface area contributed by atoms with Crippen LogP contribution in [0.25, 0.3) is 16.1 Å². The summed E-state index contributed by atoms with van der Waals surface area (Å²) in [6, 6.07) is 32.2. The molecule has 5 heterocycles. The molecule has 0 amide bonds. The number of benzene rings is 4. The molecule has 8 bridgehead atoms. The third-order valence-electron chi connectivity index (χ3n) is 7.54. The van der Waals surface area contributed by atoms with Gasteiger partial charge in [0.1, 0.15) is 5.84 Å². The summed E-state index contributed by atoms with van der Waals surface area (Å²) in [6.45, 7) is 0. The minimum Gasteiger partial charge on any atom is -0.440 e. The van der Waals surface area contributed by atoms with E-state index in [4.69, 9.17) is 35.3 Å². The van der Waals surface area contributed by atoms with Gasteiger partial charge >= 0.3 is 17.1 Å². The van der Waals surface area contributed by atoms with Crippen LogP contribution in [0, 0.1) is 0 Å². The molecule has 4 aromatic carbocycles. The van der Waals surface area contributed by atoms with Crippen molar-refractivity contribution in [1.29, 1.82) is 0 Å². The molecule has 9 rings (SSSR count). The van der Waals surface area contributed by atoms with Crippen LogP contribution in [0.4, 0.5) is 11.6 Å². The van der Waals surface area contributed by atoms with Crippen LogP contribution in [0.3, 0.4) is 0 Å². The summed E-state index contributed by atoms with van der Waals surface area (Å²) in [5.74, 6) is 4.21. The van der Waals surface area contributed by atoms with Crippen molar-refractivity contribution in [3.8, 4) is 0 Å². The molecule has 5 aromatic rings. The summed E-state index contributed by atoms with van der Waals surface area (Å²) in [5, 5.41) is 10.4. The monoisotopic (exact) mass is 577 g/mol. The first-order valence-corrected chi connectivity index (χ1v) is 13.1. The standard InChI is InChI=1S/C32H18N8.Cu/c1-2-10-18-17(9-1)25-33-26(18)38-28-21-13-5-6-14-22(21)30(35-28)40-32-24-16-8-7-15-23(24)31(36-32)39-29-20-12-4-3-11-19(20)27(34-29)37-25;/h1-16,25H,(H-,33,34,35,37,38,39,40);/q-2;+2. The number of aromatic nitrogens is 1. The Labute approximate surface area is 245 Å². The van der Waals surface area contributed by atoms with Crippen LogP contribution in [0.1, 0.15) is 39.5 Å². The van der Waals surface area contributed by atoms with Crippen molar-refractivity contribution in [2.75, 3.05) is 0 Å². The van der Waals surface area contributed by atoms with Crippen LogP contribution in [-0.2, 0) is 17.1 Å². The van der Waals surface area contributed by atoms with E-state index in [1.54, 1.807) is 0 Å². The predicted molar refractivity (Wildman–Crippen MR) is 158 cm³/mol. The van der Waals surface area contributed by atoms with E-state index in [2.05, 4.69) is 11.4 Å². The minimum absolute atomic E-state index is 0. The van der Waals surface area contributed by atoms with Gasteiger partial charge in [0.2, 0.25) is 0 Å². The summed E-state index contributed by atoms with van der Waals surface area (Å²) >= 11 is 0. The molecule has 1 aromatic heterocycles. The van der Waals surface area contributed by atoms with Crippen molar-refractivity contribution in [3.63, 3.8) is 0 Å². The molecule has 8 nitrogen and oxygen atoms in total. The van der Waals surface area contributed by atoms with E-state index in [-0.39, 0.29) is 23.2 Å². The van der Waals surface area contributed by atoms with Gasteiger partial charge in [-0.25, -0.2) is 9.98 Å². The fourth-order valence-electron chi connectivity index (χ4n) is 5.66. The molecule has 4 aliphatic heterocycles. The average molecular weight is 578 g/mol. The first-order valence-electron chi connectivity index (χ1n) is 13.1. The normalized spacial score (nSPS) is 20.0. The maximum atomic E-state index is 5.01. The van der Waals surface area contributed by atoms with Crippen LogP contribution in [-0.4, -0.2) is 29.2 Å². The third-order valence-corrected chi connectivity index (χ3v) is 7.54. The van der Waals surface area contributed by atoms with Gasteiger partial charge < -0.3 is 30.6 Å². The molecular formula is C32H18CuN8. The van der Waals surface area contributed by atoms with Crippen LogP contribution in [0.5, 0.6) is 0 Å². The van der Waals surface area contributed by atoms with E-state index in [0.29, 0.717) is 40.8 Å². The van der Waals surface area contributed by atoms with Gasteiger partial charge in [-0.15, -0.1) is 0 Å². The Balaban J connectivity index is 0.00000256. The number of nitrogens with one attached hydrogen (secondary N) is 1. The Morgan fingerprint density at radius 3 is 1.71 bits per heavy atom. The predicted octanol–water partition coefficient (Wildman–Crippen LogP) is 5.91. The van der Waals surface area contributed by atoms with Gasteiger partial charge in [0, 0.05) is 33.9 Å². The molecule has 0 saturated heterocycles. The number of nitrogens with zero attached hydrogens (tertiary/aromatic N) is 7. The van der Waals surface area contributed by atoms with Crippen molar-refractivity contribution >= 4 is 51.6 Å². The average Bonchev–Trinajstić information content (AvgIpc) is 3.73. The molecule has 4 aliphatic rings. The molecule has 1 atom stereocenters. The smallest absolute Gasteiger partial charge is 0.440 e. The Hall–Kier alpha value is -5.11. The zero-order valence-corrected chi connectivity index (χ0v) is 22.2. The van der Waals surface area contributed by atoms with E-state index in [1.807, 2.05) is 91.0 Å². The number of aliphatic imine (C=N–C) groups is 5. The number of amidine groups is 5. The van der Waals surface area contributed by atoms with Crippen LogP contribution in [0.15, 0.2) is 122 Å². The second-order valence-electron chi connectivity index (χ2n) is 9.86. The molecule has 1 N–H and O–H groups in total. The maximum absolute atomic E-state index is 5.01. The van der Waals surface area contributed by atoms with Gasteiger partial charge in [-0.05, 0) is 21.9 Å². The molecule has 1 radical (unpaired) electrons. The van der Waals surface area contributed by atoms with Gasteiger partial charge in [0.25, 0.3) is 0 Å². The zero-order valence-electron chi connectivity index (χ0n) is 21.2. The molecule has 9 heteroatoms. The topological polar surface area (TPSA) is 102 Å². The van der Waals surface area contributed by atoms with Gasteiger partial charge in [-0.2, -0.15) is 0 Å². The molecular weight excluding hydrogens is 560 g/mol. The number of hydrogen-bond donors (Lipinski definition) is 1. The van der Waals surface area contributed by atoms with E-state index in [0.717, 1.165) is 44.2 Å². The van der Waals surface area contributed by atoms with Crippen molar-refractivity contribution in [3.05, 3.63) is 136 Å². The molecule has 197 valence electrons. The van der Waals surface area contributed by atoms with Crippen molar-refractivity contribution < 1.29 is 17.1 Å². The van der Waals surface area contributed by atoms with Gasteiger partial charge in [0.05, 0.1) is 23.7 Å². The number of rotatable bonds is 0. The summed E-state index contributed by atoms with van der Waals surface area (Å²) in [6.07, 6.45) is -0.358. The quantitative estimate of drug-likeness (QED) is 0.231. The second kappa shape index (κ2) is 8.96. The van der Waals surface area contributed by atoms with Gasteiger partial charge in [-0.3, -0.25) is 0 Å². The number of hydrogen-bond acceptors (Lipinski definition) is 6. The molecule has 0 spiro atoms. The number of fused-ring (bicyclic) bond motifs is 18.